The highest BCUT2D eigenvalue weighted by Gasteiger charge is 2.42. The monoisotopic (exact) mass is 480 g/mol. The maximum absolute atomic E-state index is 6.74. The number of hydrogen-bond acceptors (Lipinski definition) is 6. The van der Waals surface area contributed by atoms with E-state index in [0.717, 1.165) is 33.7 Å². The van der Waals surface area contributed by atoms with Crippen molar-refractivity contribution in [2.75, 3.05) is 19.5 Å². The Hall–Kier alpha value is -4.26. The van der Waals surface area contributed by atoms with E-state index in [9.17, 15) is 0 Å². The van der Waals surface area contributed by atoms with Crippen molar-refractivity contribution < 1.29 is 14.2 Å². The second-order valence-electron chi connectivity index (χ2n) is 9.28. The zero-order chi connectivity index (χ0) is 24.8. The molecule has 4 aromatic rings. The first-order valence-electron chi connectivity index (χ1n) is 12.1. The van der Waals surface area contributed by atoms with Crippen molar-refractivity contribution in [2.45, 2.75) is 31.9 Å². The maximum Gasteiger partial charge on any atom is 0.226 e. The summed E-state index contributed by atoms with van der Waals surface area (Å²) in [5.41, 5.74) is 6.28. The van der Waals surface area contributed by atoms with Crippen molar-refractivity contribution >= 4 is 11.6 Å². The van der Waals surface area contributed by atoms with E-state index in [4.69, 9.17) is 14.2 Å². The molecule has 2 aliphatic rings. The lowest BCUT2D eigenvalue weighted by Gasteiger charge is -2.39. The summed E-state index contributed by atoms with van der Waals surface area (Å²) >= 11 is 0. The largest absolute Gasteiger partial charge is 0.493 e. The number of para-hydroxylation sites is 2. The first kappa shape index (κ1) is 22.2. The Morgan fingerprint density at radius 2 is 1.75 bits per heavy atom. The van der Waals surface area contributed by atoms with Crippen LogP contribution in [0.15, 0.2) is 78.6 Å². The SMILES string of the molecule is COc1cccc([C@@H]2Oc3ccccc3C3=C2[C@H](c2ccc(C(C)C)cc2)n2ncnc2N3)c1OC. The second kappa shape index (κ2) is 8.75. The number of hydrogen-bond donors (Lipinski definition) is 1. The van der Waals surface area contributed by atoms with Crippen LogP contribution in [0, 0.1) is 0 Å². The molecule has 2 atom stereocenters. The molecular weight excluding hydrogens is 452 g/mol. The minimum absolute atomic E-state index is 0.228. The Bertz CT molecular complexity index is 1460. The summed E-state index contributed by atoms with van der Waals surface area (Å²) in [6, 6.07) is 22.5. The average molecular weight is 481 g/mol. The van der Waals surface area contributed by atoms with Gasteiger partial charge in [0, 0.05) is 16.7 Å². The van der Waals surface area contributed by atoms with Crippen LogP contribution in [0.2, 0.25) is 0 Å². The molecule has 0 unspecified atom stereocenters. The third-order valence-electron chi connectivity index (χ3n) is 6.96. The summed E-state index contributed by atoms with van der Waals surface area (Å²) in [6.45, 7) is 4.40. The molecule has 1 N–H and O–H groups in total. The molecule has 0 amide bonds. The van der Waals surface area contributed by atoms with Gasteiger partial charge in [-0.05, 0) is 35.2 Å². The summed E-state index contributed by atoms with van der Waals surface area (Å²) in [6.07, 6.45) is 1.14. The highest BCUT2D eigenvalue weighted by Crippen LogP contribution is 2.52. The van der Waals surface area contributed by atoms with Crippen LogP contribution in [0.5, 0.6) is 17.2 Å². The van der Waals surface area contributed by atoms with Crippen molar-refractivity contribution in [1.29, 1.82) is 0 Å². The van der Waals surface area contributed by atoms with E-state index < -0.39 is 6.10 Å². The number of rotatable bonds is 5. The number of methoxy groups -OCH3 is 2. The Morgan fingerprint density at radius 3 is 2.50 bits per heavy atom. The maximum atomic E-state index is 6.74. The van der Waals surface area contributed by atoms with Crippen LogP contribution in [0.1, 0.15) is 54.2 Å². The summed E-state index contributed by atoms with van der Waals surface area (Å²) < 4.78 is 20.1. The van der Waals surface area contributed by atoms with Gasteiger partial charge in [-0.1, -0.05) is 62.4 Å². The number of nitrogens with one attached hydrogen (secondary N) is 1. The number of benzene rings is 3. The highest BCUT2D eigenvalue weighted by atomic mass is 16.5. The van der Waals surface area contributed by atoms with E-state index in [1.807, 2.05) is 41.1 Å². The summed E-state index contributed by atoms with van der Waals surface area (Å²) in [4.78, 5) is 4.52. The van der Waals surface area contributed by atoms with Crippen molar-refractivity contribution in [1.82, 2.24) is 14.8 Å². The van der Waals surface area contributed by atoms with Gasteiger partial charge in [0.05, 0.1) is 19.9 Å². The Kier molecular flexibility index (Phi) is 5.40. The van der Waals surface area contributed by atoms with Crippen LogP contribution in [0.4, 0.5) is 5.95 Å². The minimum Gasteiger partial charge on any atom is -0.493 e. The molecule has 2 aliphatic heterocycles. The van der Waals surface area contributed by atoms with Crippen LogP contribution in [0.3, 0.4) is 0 Å². The van der Waals surface area contributed by atoms with Crippen LogP contribution < -0.4 is 19.5 Å². The van der Waals surface area contributed by atoms with Gasteiger partial charge >= 0.3 is 0 Å². The highest BCUT2D eigenvalue weighted by molar-refractivity contribution is 5.85. The lowest BCUT2D eigenvalue weighted by atomic mass is 9.84. The van der Waals surface area contributed by atoms with E-state index in [0.29, 0.717) is 23.4 Å². The number of ether oxygens (including phenoxy) is 3. The van der Waals surface area contributed by atoms with Crippen LogP contribution >= 0.6 is 0 Å². The molecule has 0 bridgehead atoms. The number of fused-ring (bicyclic) bond motifs is 3. The molecule has 1 aromatic heterocycles. The van der Waals surface area contributed by atoms with E-state index in [1.54, 1.807) is 20.5 Å². The van der Waals surface area contributed by atoms with Gasteiger partial charge in [0.25, 0.3) is 0 Å². The average Bonchev–Trinajstić information content (AvgIpc) is 3.39. The molecule has 0 spiro atoms. The number of aromatic nitrogens is 3. The van der Waals surface area contributed by atoms with Crippen LogP contribution in [0.25, 0.3) is 5.70 Å². The molecule has 7 nitrogen and oxygen atoms in total. The third-order valence-corrected chi connectivity index (χ3v) is 6.96. The summed E-state index contributed by atoms with van der Waals surface area (Å²) in [5, 5.41) is 8.17. The fourth-order valence-electron chi connectivity index (χ4n) is 5.18. The zero-order valence-corrected chi connectivity index (χ0v) is 20.7. The van der Waals surface area contributed by atoms with Gasteiger partial charge in [-0.25, -0.2) is 4.68 Å². The topological polar surface area (TPSA) is 70.4 Å². The second-order valence-corrected chi connectivity index (χ2v) is 9.28. The Labute approximate surface area is 210 Å². The fraction of sp³-hybridized carbons (Fsp3) is 0.241. The summed E-state index contributed by atoms with van der Waals surface area (Å²) in [5.74, 6) is 3.24. The lowest BCUT2D eigenvalue weighted by molar-refractivity contribution is 0.216. The molecule has 0 radical (unpaired) electrons. The molecular formula is C29H28N4O3. The Morgan fingerprint density at radius 1 is 0.944 bits per heavy atom. The predicted molar refractivity (Wildman–Crippen MR) is 139 cm³/mol. The van der Waals surface area contributed by atoms with Crippen molar-refractivity contribution in [3.05, 3.63) is 101 Å². The lowest BCUT2D eigenvalue weighted by Crippen LogP contribution is -2.32. The number of anilines is 1. The van der Waals surface area contributed by atoms with E-state index >= 15 is 0 Å². The molecule has 3 heterocycles. The van der Waals surface area contributed by atoms with E-state index in [2.05, 4.69) is 59.6 Å². The van der Waals surface area contributed by atoms with Crippen molar-refractivity contribution in [3.63, 3.8) is 0 Å². The standard InChI is InChI=1S/C29H28N4O3/c1-17(2)18-12-14-19(15-13-18)26-24-25(32-29-30-16-31-33(26)29)20-8-5-6-10-22(20)36-28(24)21-9-7-11-23(34-3)27(21)35-4/h5-17,26,28H,1-4H3,(H,30,31,32)/t26-,28-/m0/s1. The van der Waals surface area contributed by atoms with Gasteiger partial charge < -0.3 is 19.5 Å². The van der Waals surface area contributed by atoms with Gasteiger partial charge in [-0.3, -0.25) is 0 Å². The predicted octanol–water partition coefficient (Wildman–Crippen LogP) is 5.98. The molecule has 6 rings (SSSR count). The van der Waals surface area contributed by atoms with Gasteiger partial charge in [0.15, 0.2) is 17.6 Å². The van der Waals surface area contributed by atoms with Gasteiger partial charge in [-0.2, -0.15) is 10.1 Å². The van der Waals surface area contributed by atoms with Gasteiger partial charge in [-0.15, -0.1) is 0 Å². The van der Waals surface area contributed by atoms with Crippen LogP contribution in [-0.4, -0.2) is 29.0 Å². The molecule has 0 aliphatic carbocycles. The van der Waals surface area contributed by atoms with Crippen LogP contribution in [-0.2, 0) is 0 Å². The first-order chi connectivity index (χ1) is 17.6. The molecule has 0 saturated carbocycles. The molecule has 0 saturated heterocycles. The molecule has 3 aromatic carbocycles. The van der Waals surface area contributed by atoms with Gasteiger partial charge in [0.1, 0.15) is 18.1 Å². The normalized spacial score (nSPS) is 18.0. The smallest absolute Gasteiger partial charge is 0.226 e. The fourth-order valence-corrected chi connectivity index (χ4v) is 5.18. The minimum atomic E-state index is -0.445. The van der Waals surface area contributed by atoms with E-state index in [-0.39, 0.29) is 6.04 Å². The third kappa shape index (κ3) is 3.42. The molecule has 7 heteroatoms. The quantitative estimate of drug-likeness (QED) is 0.379. The van der Waals surface area contributed by atoms with Crippen molar-refractivity contribution in [3.8, 4) is 17.2 Å². The number of nitrogens with zero attached hydrogens (tertiary/aromatic N) is 3. The molecule has 0 fully saturated rings. The van der Waals surface area contributed by atoms with Gasteiger partial charge in [0.2, 0.25) is 5.95 Å². The summed E-state index contributed by atoms with van der Waals surface area (Å²) in [7, 11) is 3.30. The van der Waals surface area contributed by atoms with E-state index in [1.165, 1.54) is 5.56 Å². The first-order valence-corrected chi connectivity index (χ1v) is 12.1. The molecule has 182 valence electrons. The molecule has 36 heavy (non-hydrogen) atoms. The zero-order valence-electron chi connectivity index (χ0n) is 20.7. The Balaban J connectivity index is 1.61. The van der Waals surface area contributed by atoms with Crippen molar-refractivity contribution in [2.24, 2.45) is 0 Å².